The van der Waals surface area contributed by atoms with Crippen molar-refractivity contribution in [1.82, 2.24) is 0 Å². The Morgan fingerprint density at radius 3 is 1.74 bits per heavy atom. The summed E-state index contributed by atoms with van der Waals surface area (Å²) in [6, 6.07) is 8.99. The van der Waals surface area contributed by atoms with Gasteiger partial charge in [-0.3, -0.25) is 0 Å². The van der Waals surface area contributed by atoms with Crippen LogP contribution in [0.4, 0.5) is 0 Å². The van der Waals surface area contributed by atoms with Gasteiger partial charge < -0.3 is 13.7 Å². The van der Waals surface area contributed by atoms with Gasteiger partial charge in [0.05, 0.1) is 35.2 Å². The maximum absolute atomic E-state index is 5.76. The average Bonchev–Trinajstić information content (AvgIpc) is 2.34. The second-order valence-electron chi connectivity index (χ2n) is 7.32. The summed E-state index contributed by atoms with van der Waals surface area (Å²) in [7, 11) is 11.0. The molecule has 0 spiro atoms. The molecule has 0 atom stereocenters. The maximum atomic E-state index is 5.76. The summed E-state index contributed by atoms with van der Waals surface area (Å²) in [6.45, 7) is 5.87. The second kappa shape index (κ2) is 11.6. The van der Waals surface area contributed by atoms with Gasteiger partial charge in [0.15, 0.2) is 6.73 Å². The predicted octanol–water partition coefficient (Wildman–Crippen LogP) is 4.41. The maximum Gasteiger partial charge on any atom is 0.182 e. The van der Waals surface area contributed by atoms with E-state index in [1.807, 2.05) is 0 Å². The van der Waals surface area contributed by atoms with Crippen LogP contribution >= 0.6 is 0 Å². The highest BCUT2D eigenvalue weighted by molar-refractivity contribution is 5.21. The van der Waals surface area contributed by atoms with Crippen molar-refractivity contribution in [3.05, 3.63) is 35.4 Å². The lowest BCUT2D eigenvalue weighted by molar-refractivity contribution is -0.910. The minimum absolute atomic E-state index is 0. The summed E-state index contributed by atoms with van der Waals surface area (Å²) in [4.78, 5) is 0. The first kappa shape index (κ1) is 27.0. The Kier molecular flexibility index (Phi) is 13.6. The summed E-state index contributed by atoms with van der Waals surface area (Å²) in [5.74, 6) is 0. The van der Waals surface area contributed by atoms with Gasteiger partial charge in [0.2, 0.25) is 0 Å². The zero-order valence-corrected chi connectivity index (χ0v) is 14.1. The molecule has 1 aromatic carbocycles. The lowest BCUT2D eigenvalue weighted by atomic mass is 10.1. The first-order valence-electron chi connectivity index (χ1n) is 7.50. The third-order valence-corrected chi connectivity index (χ3v) is 3.36. The van der Waals surface area contributed by atoms with Crippen LogP contribution in [0.15, 0.2) is 24.3 Å². The number of rotatable bonds is 8. The van der Waals surface area contributed by atoms with E-state index in [1.165, 1.54) is 11.1 Å². The lowest BCUT2D eigenvalue weighted by Crippen LogP contribution is -2.43. The Balaban J connectivity index is -0.00000133. The van der Waals surface area contributed by atoms with Crippen LogP contribution in [0.25, 0.3) is 0 Å². The van der Waals surface area contributed by atoms with Gasteiger partial charge in [-0.2, -0.15) is 0 Å². The number of hydrogen-bond donors (Lipinski definition) is 0. The number of benzene rings is 1. The summed E-state index contributed by atoms with van der Waals surface area (Å²) >= 11 is 0. The summed E-state index contributed by atoms with van der Waals surface area (Å²) in [5, 5.41) is 0. The fraction of sp³-hybridized carbons (Fsp3) is 0.700. The van der Waals surface area contributed by atoms with Crippen LogP contribution in [0.1, 0.15) is 40.3 Å². The molecule has 1 aromatic rings. The van der Waals surface area contributed by atoms with E-state index >= 15 is 0 Å². The quantitative estimate of drug-likeness (QED) is 0.390. The summed E-state index contributed by atoms with van der Waals surface area (Å²) in [6.07, 6.45) is 1.11. The molecule has 1 rings (SSSR count). The summed E-state index contributed by atoms with van der Waals surface area (Å²) < 4.78 is 7.58. The van der Waals surface area contributed by atoms with Crippen molar-refractivity contribution in [2.24, 2.45) is 0 Å². The molecule has 0 aliphatic rings. The average molecular weight is 329 g/mol. The molecule has 0 aliphatic heterocycles. The number of hydrogen-bond acceptors (Lipinski definition) is 1. The molecule has 0 heterocycles. The van der Waals surface area contributed by atoms with Crippen molar-refractivity contribution in [1.29, 1.82) is 0 Å². The van der Waals surface area contributed by atoms with Crippen LogP contribution in [-0.4, -0.2) is 64.1 Å². The molecular weight excluding hydrogens is 284 g/mol. The van der Waals surface area contributed by atoms with Crippen molar-refractivity contribution in [3.8, 4) is 0 Å². The Labute approximate surface area is 147 Å². The topological polar surface area (TPSA) is 9.23 Å². The molecule has 3 nitrogen and oxygen atoms in total. The third-order valence-electron chi connectivity index (χ3n) is 3.36. The molecule has 0 saturated carbocycles. The highest BCUT2D eigenvalue weighted by Gasteiger charge is 2.16. The minimum atomic E-state index is 0. The zero-order valence-electron chi connectivity index (χ0n) is 14.1. The molecule has 0 radical (unpaired) electrons. The minimum Gasteiger partial charge on any atom is -0.326 e. The van der Waals surface area contributed by atoms with Gasteiger partial charge in [-0.1, -0.05) is 53.5 Å². The standard InChI is InChI=1S/C17H32N2O.3CH4/c1-7-16-8-10-17(11-9-16)14-19(5,6)12-13-20-15-18(2,3)4;;;/h8-11H,7,12-15H2,1-6H3;3*1H4/q+2;;;. The predicted molar refractivity (Wildman–Crippen MR) is 106 cm³/mol. The van der Waals surface area contributed by atoms with Crippen molar-refractivity contribution in [3.63, 3.8) is 0 Å². The molecule has 23 heavy (non-hydrogen) atoms. The van der Waals surface area contributed by atoms with Crippen LogP contribution in [0, 0.1) is 0 Å². The van der Waals surface area contributed by atoms with E-state index in [4.69, 9.17) is 4.74 Å². The number of quaternary nitrogens is 2. The third kappa shape index (κ3) is 12.2. The van der Waals surface area contributed by atoms with Crippen LogP contribution in [0.2, 0.25) is 0 Å². The molecule has 0 bridgehead atoms. The fourth-order valence-corrected chi connectivity index (χ4v) is 2.10. The zero-order chi connectivity index (χ0) is 15.2. The number of likely N-dealkylation sites (N-methyl/N-ethyl adjacent to an activating group) is 1. The largest absolute Gasteiger partial charge is 0.326 e. The Bertz CT molecular complexity index is 391. The van der Waals surface area contributed by atoms with Crippen molar-refractivity contribution >= 4 is 0 Å². The molecule has 0 amide bonds. The molecule has 0 unspecified atom stereocenters. The Hall–Kier alpha value is -0.900. The molecule has 0 N–H and O–H groups in total. The van der Waals surface area contributed by atoms with Crippen molar-refractivity contribution in [2.75, 3.05) is 55.1 Å². The SMILES string of the molecule is C.C.C.CCc1ccc(C[N+](C)(C)CCOC[N+](C)(C)C)cc1. The van der Waals surface area contributed by atoms with Gasteiger partial charge in [-0.25, -0.2) is 0 Å². The fourth-order valence-electron chi connectivity index (χ4n) is 2.10. The van der Waals surface area contributed by atoms with Crippen LogP contribution in [-0.2, 0) is 17.7 Å². The molecule has 0 aromatic heterocycles. The van der Waals surface area contributed by atoms with E-state index in [2.05, 4.69) is 66.4 Å². The number of nitrogens with zero attached hydrogens (tertiary/aromatic N) is 2. The molecule has 0 fully saturated rings. The van der Waals surface area contributed by atoms with E-state index in [1.54, 1.807) is 0 Å². The Morgan fingerprint density at radius 1 is 0.826 bits per heavy atom. The number of aryl methyl sites for hydroxylation is 1. The highest BCUT2D eigenvalue weighted by atomic mass is 16.5. The first-order chi connectivity index (χ1) is 9.22. The number of ether oxygens (including phenoxy) is 1. The molecule has 138 valence electrons. The van der Waals surface area contributed by atoms with Gasteiger partial charge in [-0.05, 0) is 12.0 Å². The van der Waals surface area contributed by atoms with Gasteiger partial charge in [0.1, 0.15) is 19.7 Å². The van der Waals surface area contributed by atoms with E-state index in [-0.39, 0.29) is 22.3 Å². The van der Waals surface area contributed by atoms with Gasteiger partial charge >= 0.3 is 0 Å². The molecular formula is C20H44N2O+2. The second-order valence-corrected chi connectivity index (χ2v) is 7.32. The molecule has 0 aliphatic carbocycles. The van der Waals surface area contributed by atoms with Gasteiger partial charge in [0, 0.05) is 5.56 Å². The van der Waals surface area contributed by atoms with Crippen molar-refractivity contribution < 1.29 is 13.7 Å². The smallest absolute Gasteiger partial charge is 0.182 e. The van der Waals surface area contributed by atoms with Crippen LogP contribution < -0.4 is 0 Å². The van der Waals surface area contributed by atoms with Gasteiger partial charge in [-0.15, -0.1) is 0 Å². The molecule has 0 saturated heterocycles. The molecule has 3 heteroatoms. The summed E-state index contributed by atoms with van der Waals surface area (Å²) in [5.41, 5.74) is 2.81. The lowest BCUT2D eigenvalue weighted by Gasteiger charge is -2.30. The van der Waals surface area contributed by atoms with Crippen LogP contribution in [0.5, 0.6) is 0 Å². The first-order valence-corrected chi connectivity index (χ1v) is 7.50. The highest BCUT2D eigenvalue weighted by Crippen LogP contribution is 2.11. The van der Waals surface area contributed by atoms with E-state index in [0.717, 1.165) is 41.8 Å². The monoisotopic (exact) mass is 328 g/mol. The van der Waals surface area contributed by atoms with Crippen LogP contribution in [0.3, 0.4) is 0 Å². The van der Waals surface area contributed by atoms with Gasteiger partial charge in [0.25, 0.3) is 0 Å². The van der Waals surface area contributed by atoms with E-state index < -0.39 is 0 Å². The Morgan fingerprint density at radius 2 is 1.30 bits per heavy atom. The van der Waals surface area contributed by atoms with E-state index in [0.29, 0.717) is 0 Å². The normalized spacial score (nSPS) is 11.0. The van der Waals surface area contributed by atoms with E-state index in [9.17, 15) is 0 Å². The van der Waals surface area contributed by atoms with Crippen molar-refractivity contribution in [2.45, 2.75) is 42.2 Å².